The summed E-state index contributed by atoms with van der Waals surface area (Å²) in [5, 5.41) is 17.6. The van der Waals surface area contributed by atoms with Crippen molar-refractivity contribution in [2.45, 2.75) is 6.92 Å². The maximum absolute atomic E-state index is 11.6. The van der Waals surface area contributed by atoms with Crippen LogP contribution in [0.5, 0.6) is 0 Å². The van der Waals surface area contributed by atoms with Gasteiger partial charge in [-0.3, -0.25) is 15.0 Å². The monoisotopic (exact) mass is 358 g/mol. The quantitative estimate of drug-likeness (QED) is 0.573. The number of anilines is 3. The average molecular weight is 358 g/mol. The molecule has 2 heterocycles. The highest BCUT2D eigenvalue weighted by Crippen LogP contribution is 2.31. The molecule has 1 aromatic heterocycles. The molecule has 0 bridgehead atoms. The van der Waals surface area contributed by atoms with E-state index in [2.05, 4.69) is 25.5 Å². The van der Waals surface area contributed by atoms with Crippen LogP contribution < -0.4 is 10.6 Å². The number of nitrogens with zero attached hydrogens (tertiary/aromatic N) is 4. The highest BCUT2D eigenvalue weighted by Gasteiger charge is 2.23. The summed E-state index contributed by atoms with van der Waals surface area (Å²) in [6.45, 7) is 6.48. The maximum atomic E-state index is 11.6. The molecule has 1 aliphatic heterocycles. The topological polar surface area (TPSA) is 105 Å². The Bertz CT molecular complexity index is 747. The van der Waals surface area contributed by atoms with Crippen LogP contribution in [0.3, 0.4) is 0 Å². The lowest BCUT2D eigenvalue weighted by atomic mass is 10.2. The minimum atomic E-state index is -0.465. The minimum Gasteiger partial charge on any atom is -0.379 e. The smallest absolute Gasteiger partial charge is 0.353 e. The normalized spacial score (nSPS) is 14.8. The number of rotatable bonds is 7. The van der Waals surface area contributed by atoms with E-state index in [9.17, 15) is 10.1 Å². The van der Waals surface area contributed by atoms with Crippen LogP contribution in [0.1, 0.15) is 5.56 Å². The van der Waals surface area contributed by atoms with Gasteiger partial charge in [-0.15, -0.1) is 0 Å². The van der Waals surface area contributed by atoms with Crippen LogP contribution >= 0.6 is 0 Å². The lowest BCUT2D eigenvalue weighted by Gasteiger charge is -2.26. The SMILES string of the molecule is Cc1ccc(Nc2ncnc(NCCN3CCOCC3)c2[N+](=O)[O-])cc1. The summed E-state index contributed by atoms with van der Waals surface area (Å²) < 4.78 is 5.31. The molecule has 0 saturated carbocycles. The fourth-order valence-electron chi connectivity index (χ4n) is 2.70. The zero-order valence-electron chi connectivity index (χ0n) is 14.6. The fourth-order valence-corrected chi connectivity index (χ4v) is 2.70. The minimum absolute atomic E-state index is 0.157. The molecular formula is C17H22N6O3. The molecule has 9 nitrogen and oxygen atoms in total. The molecule has 26 heavy (non-hydrogen) atoms. The Morgan fingerprint density at radius 3 is 2.58 bits per heavy atom. The molecular weight excluding hydrogens is 336 g/mol. The number of nitrogens with one attached hydrogen (secondary N) is 2. The van der Waals surface area contributed by atoms with Crippen molar-refractivity contribution >= 4 is 23.0 Å². The molecule has 1 fully saturated rings. The van der Waals surface area contributed by atoms with Gasteiger partial charge in [0.1, 0.15) is 6.33 Å². The van der Waals surface area contributed by atoms with Crippen LogP contribution in [0.2, 0.25) is 0 Å². The van der Waals surface area contributed by atoms with Gasteiger partial charge in [0.25, 0.3) is 0 Å². The molecule has 0 amide bonds. The van der Waals surface area contributed by atoms with Crippen molar-refractivity contribution in [2.24, 2.45) is 0 Å². The van der Waals surface area contributed by atoms with Crippen molar-refractivity contribution in [1.29, 1.82) is 0 Å². The van der Waals surface area contributed by atoms with E-state index in [1.165, 1.54) is 6.33 Å². The third kappa shape index (κ3) is 4.64. The Kier molecular flexibility index (Phi) is 5.92. The van der Waals surface area contributed by atoms with Crippen molar-refractivity contribution in [3.63, 3.8) is 0 Å². The second kappa shape index (κ2) is 8.54. The zero-order valence-corrected chi connectivity index (χ0v) is 14.6. The number of aromatic nitrogens is 2. The van der Waals surface area contributed by atoms with E-state index < -0.39 is 4.92 Å². The Balaban J connectivity index is 1.70. The number of benzene rings is 1. The van der Waals surface area contributed by atoms with Gasteiger partial charge in [-0.05, 0) is 19.1 Å². The molecule has 2 aromatic rings. The van der Waals surface area contributed by atoms with Crippen molar-refractivity contribution in [1.82, 2.24) is 14.9 Å². The van der Waals surface area contributed by atoms with E-state index >= 15 is 0 Å². The second-order valence-electron chi connectivity index (χ2n) is 6.05. The van der Waals surface area contributed by atoms with E-state index in [1.807, 2.05) is 31.2 Å². The van der Waals surface area contributed by atoms with E-state index in [4.69, 9.17) is 4.74 Å². The zero-order chi connectivity index (χ0) is 18.4. The Morgan fingerprint density at radius 2 is 1.88 bits per heavy atom. The molecule has 0 aliphatic carbocycles. The summed E-state index contributed by atoms with van der Waals surface area (Å²) in [7, 11) is 0. The van der Waals surface area contributed by atoms with Crippen LogP contribution in [0.25, 0.3) is 0 Å². The van der Waals surface area contributed by atoms with Crippen LogP contribution in [0, 0.1) is 17.0 Å². The Morgan fingerprint density at radius 1 is 1.19 bits per heavy atom. The predicted octanol–water partition coefficient (Wildman–Crippen LogP) is 2.18. The predicted molar refractivity (Wildman–Crippen MR) is 98.9 cm³/mol. The number of hydrogen-bond acceptors (Lipinski definition) is 8. The first-order chi connectivity index (χ1) is 12.6. The van der Waals surface area contributed by atoms with Gasteiger partial charge < -0.3 is 15.4 Å². The van der Waals surface area contributed by atoms with Crippen LogP contribution in [-0.4, -0.2) is 59.2 Å². The van der Waals surface area contributed by atoms with E-state index in [0.717, 1.165) is 44.1 Å². The Labute approximate surface area is 151 Å². The summed E-state index contributed by atoms with van der Waals surface area (Å²) in [4.78, 5) is 21.4. The highest BCUT2D eigenvalue weighted by atomic mass is 16.6. The van der Waals surface area contributed by atoms with Gasteiger partial charge in [-0.2, -0.15) is 0 Å². The first kappa shape index (κ1) is 18.0. The summed E-state index contributed by atoms with van der Waals surface area (Å²) in [6, 6.07) is 7.56. The van der Waals surface area contributed by atoms with Crippen LogP contribution in [0.4, 0.5) is 23.0 Å². The van der Waals surface area contributed by atoms with Gasteiger partial charge in [0.05, 0.1) is 18.1 Å². The molecule has 2 N–H and O–H groups in total. The van der Waals surface area contributed by atoms with Gasteiger partial charge >= 0.3 is 5.69 Å². The number of hydrogen-bond donors (Lipinski definition) is 2. The molecule has 138 valence electrons. The first-order valence-corrected chi connectivity index (χ1v) is 8.50. The van der Waals surface area contributed by atoms with Gasteiger partial charge in [0, 0.05) is 31.9 Å². The van der Waals surface area contributed by atoms with Crippen molar-refractivity contribution in [3.8, 4) is 0 Å². The van der Waals surface area contributed by atoms with E-state index in [-0.39, 0.29) is 17.3 Å². The molecule has 0 unspecified atom stereocenters. The van der Waals surface area contributed by atoms with Gasteiger partial charge in [0.2, 0.25) is 11.6 Å². The summed E-state index contributed by atoms with van der Waals surface area (Å²) in [5.41, 5.74) is 1.69. The van der Waals surface area contributed by atoms with Crippen molar-refractivity contribution in [3.05, 3.63) is 46.3 Å². The van der Waals surface area contributed by atoms with Crippen molar-refractivity contribution < 1.29 is 9.66 Å². The molecule has 9 heteroatoms. The average Bonchev–Trinajstić information content (AvgIpc) is 2.64. The molecule has 0 radical (unpaired) electrons. The Hall–Kier alpha value is -2.78. The molecule has 0 atom stereocenters. The van der Waals surface area contributed by atoms with E-state index in [0.29, 0.717) is 6.54 Å². The maximum Gasteiger partial charge on any atom is 0.353 e. The van der Waals surface area contributed by atoms with Gasteiger partial charge in [0.15, 0.2) is 0 Å². The van der Waals surface area contributed by atoms with Gasteiger partial charge in [-0.1, -0.05) is 17.7 Å². The number of nitro groups is 1. The molecule has 1 aromatic carbocycles. The lowest BCUT2D eigenvalue weighted by Crippen LogP contribution is -2.39. The summed E-state index contributed by atoms with van der Waals surface area (Å²) in [5.74, 6) is 0.385. The number of ether oxygens (including phenoxy) is 1. The second-order valence-corrected chi connectivity index (χ2v) is 6.05. The lowest BCUT2D eigenvalue weighted by molar-refractivity contribution is -0.383. The third-order valence-electron chi connectivity index (χ3n) is 4.14. The molecule has 1 aliphatic rings. The van der Waals surface area contributed by atoms with Crippen LogP contribution in [0.15, 0.2) is 30.6 Å². The largest absolute Gasteiger partial charge is 0.379 e. The third-order valence-corrected chi connectivity index (χ3v) is 4.14. The van der Waals surface area contributed by atoms with E-state index in [1.54, 1.807) is 0 Å². The molecule has 0 spiro atoms. The first-order valence-electron chi connectivity index (χ1n) is 8.50. The van der Waals surface area contributed by atoms with Gasteiger partial charge in [-0.25, -0.2) is 9.97 Å². The highest BCUT2D eigenvalue weighted by molar-refractivity contribution is 5.73. The fraction of sp³-hybridized carbons (Fsp3) is 0.412. The number of aryl methyl sites for hydroxylation is 1. The summed E-state index contributed by atoms with van der Waals surface area (Å²) in [6.07, 6.45) is 1.32. The standard InChI is InChI=1S/C17H22N6O3/c1-13-2-4-14(5-3-13)21-17-15(23(24)25)16(19-12-20-17)18-6-7-22-8-10-26-11-9-22/h2-5,12H,6-11H2,1H3,(H2,18,19,20,21). The molecule has 3 rings (SSSR count). The molecule has 1 saturated heterocycles. The van der Waals surface area contributed by atoms with Crippen molar-refractivity contribution in [2.75, 3.05) is 50.0 Å². The number of morpholine rings is 1. The van der Waals surface area contributed by atoms with Crippen LogP contribution in [-0.2, 0) is 4.74 Å². The summed E-state index contributed by atoms with van der Waals surface area (Å²) >= 11 is 0.